The van der Waals surface area contributed by atoms with Crippen LogP contribution < -0.4 is 10.1 Å². The van der Waals surface area contributed by atoms with E-state index in [1.54, 1.807) is 25.1 Å². The third-order valence-corrected chi connectivity index (χ3v) is 2.71. The maximum absolute atomic E-state index is 12.3. The minimum Gasteiger partial charge on any atom is -0.466 e. The van der Waals surface area contributed by atoms with Crippen molar-refractivity contribution in [1.29, 1.82) is 0 Å². The monoisotopic (exact) mass is 327 g/mol. The van der Waals surface area contributed by atoms with Crippen molar-refractivity contribution < 1.29 is 27.8 Å². The second kappa shape index (κ2) is 10.3. The standard InChI is InChI=1S/C16H19F2NO4/c1-2-22-15(21)8-5-11-19-14(20)10-9-12-6-3-4-7-13(12)23-16(17)18/h3-4,6-7,9-10,16H,2,5,8,11H2,1H3,(H,19,20)/b10-9+. The molecule has 23 heavy (non-hydrogen) atoms. The molecule has 1 aromatic rings. The molecule has 1 rings (SSSR count). The Morgan fingerprint density at radius 2 is 2.04 bits per heavy atom. The van der Waals surface area contributed by atoms with Crippen LogP contribution in [0.1, 0.15) is 25.3 Å². The van der Waals surface area contributed by atoms with Gasteiger partial charge >= 0.3 is 12.6 Å². The van der Waals surface area contributed by atoms with Crippen LogP contribution >= 0.6 is 0 Å². The first-order valence-electron chi connectivity index (χ1n) is 7.18. The Morgan fingerprint density at radius 3 is 2.74 bits per heavy atom. The molecule has 7 heteroatoms. The van der Waals surface area contributed by atoms with Crippen LogP contribution in [0.5, 0.6) is 5.75 Å². The van der Waals surface area contributed by atoms with E-state index in [1.165, 1.54) is 18.2 Å². The number of halogens is 2. The van der Waals surface area contributed by atoms with Gasteiger partial charge < -0.3 is 14.8 Å². The summed E-state index contributed by atoms with van der Waals surface area (Å²) in [5.41, 5.74) is 0.370. The maximum Gasteiger partial charge on any atom is 0.387 e. The molecule has 126 valence electrons. The number of alkyl halides is 2. The predicted molar refractivity (Wildman–Crippen MR) is 81.0 cm³/mol. The highest BCUT2D eigenvalue weighted by Crippen LogP contribution is 2.21. The second-order valence-electron chi connectivity index (χ2n) is 4.45. The third kappa shape index (κ3) is 7.94. The van der Waals surface area contributed by atoms with Crippen molar-refractivity contribution in [3.63, 3.8) is 0 Å². The molecule has 0 heterocycles. The van der Waals surface area contributed by atoms with Gasteiger partial charge in [-0.15, -0.1) is 0 Å². The quantitative estimate of drug-likeness (QED) is 0.430. The number of hydrogen-bond acceptors (Lipinski definition) is 4. The first-order valence-corrected chi connectivity index (χ1v) is 7.18. The molecule has 0 spiro atoms. The maximum atomic E-state index is 12.3. The van der Waals surface area contributed by atoms with Gasteiger partial charge in [0.25, 0.3) is 0 Å². The van der Waals surface area contributed by atoms with E-state index in [0.29, 0.717) is 25.1 Å². The van der Waals surface area contributed by atoms with Crippen molar-refractivity contribution in [1.82, 2.24) is 5.32 Å². The first-order chi connectivity index (χ1) is 11.0. The van der Waals surface area contributed by atoms with E-state index in [2.05, 4.69) is 10.1 Å². The van der Waals surface area contributed by atoms with Gasteiger partial charge in [-0.1, -0.05) is 18.2 Å². The van der Waals surface area contributed by atoms with E-state index in [-0.39, 0.29) is 24.0 Å². The Bertz CT molecular complexity index is 547. The van der Waals surface area contributed by atoms with Gasteiger partial charge in [0, 0.05) is 24.6 Å². The lowest BCUT2D eigenvalue weighted by atomic mass is 10.2. The van der Waals surface area contributed by atoms with Crippen molar-refractivity contribution in [2.45, 2.75) is 26.4 Å². The van der Waals surface area contributed by atoms with Crippen molar-refractivity contribution >= 4 is 18.0 Å². The number of carbonyl (C=O) groups excluding carboxylic acids is 2. The minimum atomic E-state index is -2.93. The largest absolute Gasteiger partial charge is 0.466 e. The summed E-state index contributed by atoms with van der Waals surface area (Å²) in [6, 6.07) is 6.16. The highest BCUT2D eigenvalue weighted by Gasteiger charge is 2.07. The van der Waals surface area contributed by atoms with Gasteiger partial charge in [-0.05, 0) is 25.5 Å². The summed E-state index contributed by atoms with van der Waals surface area (Å²) in [5.74, 6) is -0.704. The first kappa shape index (κ1) is 18.6. The van der Waals surface area contributed by atoms with Gasteiger partial charge in [0.2, 0.25) is 5.91 Å². The summed E-state index contributed by atoms with van der Waals surface area (Å²) in [6.07, 6.45) is 3.29. The Hall–Kier alpha value is -2.44. The van der Waals surface area contributed by atoms with Crippen LogP contribution in [0.25, 0.3) is 6.08 Å². The Kier molecular flexibility index (Phi) is 8.34. The molecule has 0 aliphatic heterocycles. The van der Waals surface area contributed by atoms with Crippen LogP contribution in [-0.4, -0.2) is 31.6 Å². The molecule has 0 aliphatic rings. The predicted octanol–water partition coefficient (Wildman–Crippen LogP) is 2.76. The molecule has 1 N–H and O–H groups in total. The minimum absolute atomic E-state index is 0.00568. The zero-order valence-electron chi connectivity index (χ0n) is 12.8. The molecular formula is C16H19F2NO4. The van der Waals surface area contributed by atoms with Gasteiger partial charge in [0.05, 0.1) is 6.61 Å². The van der Waals surface area contributed by atoms with E-state index in [1.807, 2.05) is 0 Å². The van der Waals surface area contributed by atoms with Crippen LogP contribution in [0.4, 0.5) is 8.78 Å². The van der Waals surface area contributed by atoms with Gasteiger partial charge in [0.15, 0.2) is 0 Å². The fourth-order valence-corrected chi connectivity index (χ4v) is 1.72. The van der Waals surface area contributed by atoms with Crippen LogP contribution in [0.3, 0.4) is 0 Å². The number of nitrogens with one attached hydrogen (secondary N) is 1. The molecule has 1 aromatic carbocycles. The molecule has 0 aromatic heterocycles. The van der Waals surface area contributed by atoms with Crippen molar-refractivity contribution in [3.05, 3.63) is 35.9 Å². The number of rotatable bonds is 9. The molecule has 0 unspecified atom stereocenters. The van der Waals surface area contributed by atoms with E-state index < -0.39 is 6.61 Å². The van der Waals surface area contributed by atoms with Gasteiger partial charge in [-0.25, -0.2) is 0 Å². The summed E-state index contributed by atoms with van der Waals surface area (Å²) in [4.78, 5) is 22.7. The smallest absolute Gasteiger partial charge is 0.387 e. The second-order valence-corrected chi connectivity index (χ2v) is 4.45. The van der Waals surface area contributed by atoms with Crippen molar-refractivity contribution in [2.75, 3.05) is 13.2 Å². The normalized spacial score (nSPS) is 10.8. The van der Waals surface area contributed by atoms with Crippen LogP contribution in [-0.2, 0) is 14.3 Å². The molecule has 1 amide bonds. The van der Waals surface area contributed by atoms with E-state index >= 15 is 0 Å². The molecule has 0 saturated heterocycles. The number of amides is 1. The highest BCUT2D eigenvalue weighted by molar-refractivity contribution is 5.92. The van der Waals surface area contributed by atoms with Crippen molar-refractivity contribution in [3.8, 4) is 5.75 Å². The number of para-hydroxylation sites is 1. The topological polar surface area (TPSA) is 64.6 Å². The Balaban J connectivity index is 2.42. The molecule has 0 fully saturated rings. The molecule has 0 saturated carbocycles. The summed E-state index contributed by atoms with van der Waals surface area (Å²) in [6.45, 7) is -0.563. The lowest BCUT2D eigenvalue weighted by Crippen LogP contribution is -2.22. The van der Waals surface area contributed by atoms with Crippen molar-refractivity contribution in [2.24, 2.45) is 0 Å². The van der Waals surface area contributed by atoms with Crippen LogP contribution in [0, 0.1) is 0 Å². The summed E-state index contributed by atoms with van der Waals surface area (Å²) < 4.78 is 33.6. The van der Waals surface area contributed by atoms with Crippen LogP contribution in [0.15, 0.2) is 30.3 Å². The Morgan fingerprint density at radius 1 is 1.30 bits per heavy atom. The molecular weight excluding hydrogens is 308 g/mol. The average Bonchev–Trinajstić information content (AvgIpc) is 2.50. The SMILES string of the molecule is CCOC(=O)CCCNC(=O)/C=C/c1ccccc1OC(F)F. The summed E-state index contributed by atoms with van der Waals surface area (Å²) >= 11 is 0. The lowest BCUT2D eigenvalue weighted by Gasteiger charge is -2.07. The van der Waals surface area contributed by atoms with E-state index in [9.17, 15) is 18.4 Å². The van der Waals surface area contributed by atoms with Gasteiger partial charge in [0.1, 0.15) is 5.75 Å². The highest BCUT2D eigenvalue weighted by atomic mass is 19.3. The Labute approximate surface area is 133 Å². The number of esters is 1. The average molecular weight is 327 g/mol. The third-order valence-electron chi connectivity index (χ3n) is 2.71. The number of benzene rings is 1. The van der Waals surface area contributed by atoms with Gasteiger partial charge in [-0.2, -0.15) is 8.78 Å². The fraction of sp³-hybridized carbons (Fsp3) is 0.375. The lowest BCUT2D eigenvalue weighted by molar-refractivity contribution is -0.143. The zero-order chi connectivity index (χ0) is 17.1. The number of hydrogen-bond donors (Lipinski definition) is 1. The molecule has 5 nitrogen and oxygen atoms in total. The van der Waals surface area contributed by atoms with Gasteiger partial charge in [-0.3, -0.25) is 9.59 Å². The van der Waals surface area contributed by atoms with E-state index in [4.69, 9.17) is 4.74 Å². The van der Waals surface area contributed by atoms with Crippen LogP contribution in [0.2, 0.25) is 0 Å². The number of carbonyl (C=O) groups is 2. The van der Waals surface area contributed by atoms with E-state index in [0.717, 1.165) is 0 Å². The molecule has 0 aliphatic carbocycles. The molecule has 0 radical (unpaired) electrons. The fourth-order valence-electron chi connectivity index (χ4n) is 1.72. The summed E-state index contributed by atoms with van der Waals surface area (Å²) in [5, 5.41) is 2.59. The molecule has 0 bridgehead atoms. The summed E-state index contributed by atoms with van der Waals surface area (Å²) in [7, 11) is 0. The number of ether oxygens (including phenoxy) is 2. The molecule has 0 atom stereocenters. The zero-order valence-corrected chi connectivity index (χ0v) is 12.8.